The van der Waals surface area contributed by atoms with Gasteiger partial charge in [-0.3, -0.25) is 9.59 Å². The molecule has 0 aromatic heterocycles. The molecule has 0 unspecified atom stereocenters. The first-order chi connectivity index (χ1) is 12.1. The molecule has 0 bridgehead atoms. The second kappa shape index (κ2) is 7.57. The number of ether oxygens (including phenoxy) is 1. The molecule has 0 spiro atoms. The van der Waals surface area contributed by atoms with Crippen LogP contribution in [0.2, 0.25) is 5.02 Å². The zero-order chi connectivity index (χ0) is 17.8. The van der Waals surface area contributed by atoms with Crippen LogP contribution in [-0.2, 0) is 16.1 Å². The van der Waals surface area contributed by atoms with Gasteiger partial charge in [-0.25, -0.2) is 0 Å². The van der Waals surface area contributed by atoms with Gasteiger partial charge in [0.15, 0.2) is 0 Å². The summed E-state index contributed by atoms with van der Waals surface area (Å²) in [5.41, 5.74) is 1.74. The van der Waals surface area contributed by atoms with Crippen molar-refractivity contribution in [2.75, 3.05) is 18.6 Å². The van der Waals surface area contributed by atoms with E-state index in [4.69, 9.17) is 16.3 Å². The molecule has 0 radical (unpaired) electrons. The van der Waals surface area contributed by atoms with Gasteiger partial charge in [-0.2, -0.15) is 0 Å². The lowest BCUT2D eigenvalue weighted by Crippen LogP contribution is -2.32. The summed E-state index contributed by atoms with van der Waals surface area (Å²) in [5.74, 6) is 0.227. The predicted octanol–water partition coefficient (Wildman–Crippen LogP) is 3.02. The molecule has 0 aliphatic carbocycles. The number of rotatable bonds is 5. The Labute approximate surface area is 151 Å². The number of halogens is 1. The summed E-state index contributed by atoms with van der Waals surface area (Å²) in [6, 6.07) is 14.6. The number of hydrogen-bond acceptors (Lipinski definition) is 3. The van der Waals surface area contributed by atoms with Gasteiger partial charge in [0.1, 0.15) is 5.75 Å². The van der Waals surface area contributed by atoms with E-state index in [0.29, 0.717) is 18.1 Å². The molecule has 1 heterocycles. The van der Waals surface area contributed by atoms with E-state index < -0.39 is 0 Å². The van der Waals surface area contributed by atoms with Gasteiger partial charge in [-0.15, -0.1) is 0 Å². The molecule has 0 saturated carbocycles. The van der Waals surface area contributed by atoms with Crippen molar-refractivity contribution >= 4 is 29.1 Å². The fourth-order valence-corrected chi connectivity index (χ4v) is 2.96. The number of carbonyl (C=O) groups excluding carboxylic acids is 2. The van der Waals surface area contributed by atoms with E-state index in [-0.39, 0.29) is 24.2 Å². The van der Waals surface area contributed by atoms with Crippen LogP contribution in [0.4, 0.5) is 5.69 Å². The first-order valence-electron chi connectivity index (χ1n) is 8.03. The number of nitrogens with one attached hydrogen (secondary N) is 1. The molecule has 25 heavy (non-hydrogen) atoms. The van der Waals surface area contributed by atoms with Gasteiger partial charge < -0.3 is 15.0 Å². The first-order valence-corrected chi connectivity index (χ1v) is 8.41. The Kier molecular flexibility index (Phi) is 5.24. The van der Waals surface area contributed by atoms with E-state index in [2.05, 4.69) is 5.32 Å². The van der Waals surface area contributed by atoms with Crippen LogP contribution in [0, 0.1) is 5.92 Å². The molecule has 1 N–H and O–H groups in total. The molecule has 2 aromatic rings. The molecular weight excluding hydrogens is 340 g/mol. The molecule has 5 nitrogen and oxygen atoms in total. The van der Waals surface area contributed by atoms with Crippen molar-refractivity contribution in [2.45, 2.75) is 13.0 Å². The van der Waals surface area contributed by atoms with E-state index in [9.17, 15) is 9.59 Å². The van der Waals surface area contributed by atoms with Crippen molar-refractivity contribution in [3.8, 4) is 5.75 Å². The summed E-state index contributed by atoms with van der Waals surface area (Å²) < 4.78 is 5.12. The average molecular weight is 359 g/mol. The second-order valence-electron chi connectivity index (χ2n) is 5.95. The number of carbonyl (C=O) groups is 2. The third-order valence-electron chi connectivity index (χ3n) is 4.26. The first kappa shape index (κ1) is 17.3. The van der Waals surface area contributed by atoms with Crippen molar-refractivity contribution < 1.29 is 14.3 Å². The van der Waals surface area contributed by atoms with Crippen molar-refractivity contribution in [1.29, 1.82) is 0 Å². The van der Waals surface area contributed by atoms with Crippen LogP contribution in [0.15, 0.2) is 48.5 Å². The van der Waals surface area contributed by atoms with Crippen molar-refractivity contribution in [2.24, 2.45) is 5.92 Å². The Hall–Kier alpha value is -2.53. The Morgan fingerprint density at radius 1 is 1.20 bits per heavy atom. The van der Waals surface area contributed by atoms with Gasteiger partial charge >= 0.3 is 0 Å². The van der Waals surface area contributed by atoms with E-state index >= 15 is 0 Å². The topological polar surface area (TPSA) is 58.6 Å². The van der Waals surface area contributed by atoms with Crippen LogP contribution < -0.4 is 15.0 Å². The second-order valence-corrected chi connectivity index (χ2v) is 6.38. The fraction of sp³-hybridized carbons (Fsp3) is 0.263. The van der Waals surface area contributed by atoms with Crippen molar-refractivity contribution in [1.82, 2.24) is 5.32 Å². The number of amides is 2. The van der Waals surface area contributed by atoms with Gasteiger partial charge in [0.05, 0.1) is 13.0 Å². The Balaban J connectivity index is 1.59. The van der Waals surface area contributed by atoms with E-state index in [1.165, 1.54) is 0 Å². The lowest BCUT2D eigenvalue weighted by atomic mass is 10.1. The lowest BCUT2D eigenvalue weighted by Gasteiger charge is -2.17. The van der Waals surface area contributed by atoms with Crippen LogP contribution in [-0.4, -0.2) is 25.5 Å². The third-order valence-corrected chi connectivity index (χ3v) is 4.51. The average Bonchev–Trinajstić information content (AvgIpc) is 3.03. The summed E-state index contributed by atoms with van der Waals surface area (Å²) in [7, 11) is 1.59. The molecule has 6 heteroatoms. The van der Waals surface area contributed by atoms with Crippen molar-refractivity contribution in [3.63, 3.8) is 0 Å². The quantitative estimate of drug-likeness (QED) is 0.893. The van der Waals surface area contributed by atoms with E-state index in [1.807, 2.05) is 24.3 Å². The Morgan fingerprint density at radius 3 is 2.52 bits per heavy atom. The minimum Gasteiger partial charge on any atom is -0.497 e. The number of hydrogen-bond donors (Lipinski definition) is 1. The molecule has 1 aliphatic heterocycles. The molecule has 1 atom stereocenters. The smallest absolute Gasteiger partial charge is 0.227 e. The number of anilines is 1. The Bertz CT molecular complexity index is 759. The largest absolute Gasteiger partial charge is 0.497 e. The van der Waals surface area contributed by atoms with E-state index in [1.54, 1.807) is 36.3 Å². The van der Waals surface area contributed by atoms with Gasteiger partial charge in [-0.05, 0) is 42.0 Å². The van der Waals surface area contributed by atoms with Gasteiger partial charge in [0.2, 0.25) is 11.8 Å². The molecule has 1 aliphatic rings. The molecule has 1 saturated heterocycles. The van der Waals surface area contributed by atoms with Gasteiger partial charge in [-0.1, -0.05) is 23.7 Å². The monoisotopic (exact) mass is 358 g/mol. The maximum Gasteiger partial charge on any atom is 0.227 e. The van der Waals surface area contributed by atoms with Crippen LogP contribution >= 0.6 is 11.6 Å². The highest BCUT2D eigenvalue weighted by Gasteiger charge is 2.34. The van der Waals surface area contributed by atoms with Crippen LogP contribution in [0.25, 0.3) is 0 Å². The summed E-state index contributed by atoms with van der Waals surface area (Å²) in [6.07, 6.45) is 0.221. The van der Waals surface area contributed by atoms with Gasteiger partial charge in [0, 0.05) is 30.2 Å². The third kappa shape index (κ3) is 4.12. The predicted molar refractivity (Wildman–Crippen MR) is 96.8 cm³/mol. The highest BCUT2D eigenvalue weighted by molar-refractivity contribution is 6.30. The maximum atomic E-state index is 12.4. The molecule has 2 aromatic carbocycles. The molecule has 130 valence electrons. The summed E-state index contributed by atoms with van der Waals surface area (Å²) in [5, 5.41) is 3.55. The summed E-state index contributed by atoms with van der Waals surface area (Å²) in [4.78, 5) is 26.3. The number of nitrogens with zero attached hydrogens (tertiary/aromatic N) is 1. The van der Waals surface area contributed by atoms with Crippen LogP contribution in [0.3, 0.4) is 0 Å². The van der Waals surface area contributed by atoms with Crippen LogP contribution in [0.5, 0.6) is 5.75 Å². The lowest BCUT2D eigenvalue weighted by molar-refractivity contribution is -0.126. The molecular formula is C19H19ClN2O3. The zero-order valence-corrected chi connectivity index (χ0v) is 14.6. The van der Waals surface area contributed by atoms with Crippen molar-refractivity contribution in [3.05, 3.63) is 59.1 Å². The number of benzene rings is 2. The zero-order valence-electron chi connectivity index (χ0n) is 13.9. The number of methoxy groups -OCH3 is 1. The summed E-state index contributed by atoms with van der Waals surface area (Å²) >= 11 is 5.85. The fourth-order valence-electron chi connectivity index (χ4n) is 2.83. The minimum atomic E-state index is -0.345. The minimum absolute atomic E-state index is 0.0446. The Morgan fingerprint density at radius 2 is 1.88 bits per heavy atom. The standard InChI is InChI=1S/C19H19ClN2O3/c1-25-17-8-6-16(7-9-17)22-12-14(10-18(22)23)19(24)21-11-13-2-4-15(20)5-3-13/h2-9,14H,10-12H2,1H3,(H,21,24)/t14-/m0/s1. The van der Waals surface area contributed by atoms with Crippen LogP contribution in [0.1, 0.15) is 12.0 Å². The highest BCUT2D eigenvalue weighted by Crippen LogP contribution is 2.27. The maximum absolute atomic E-state index is 12.4. The molecule has 1 fully saturated rings. The van der Waals surface area contributed by atoms with Gasteiger partial charge in [0.25, 0.3) is 0 Å². The molecule has 3 rings (SSSR count). The highest BCUT2D eigenvalue weighted by atomic mass is 35.5. The molecule has 2 amide bonds. The SMILES string of the molecule is COc1ccc(N2C[C@@H](C(=O)NCc3ccc(Cl)cc3)CC2=O)cc1. The summed E-state index contributed by atoms with van der Waals surface area (Å²) in [6.45, 7) is 0.806. The van der Waals surface area contributed by atoms with E-state index in [0.717, 1.165) is 17.0 Å². The normalized spacial score (nSPS) is 16.8.